The van der Waals surface area contributed by atoms with E-state index in [1.165, 1.54) is 0 Å². The van der Waals surface area contributed by atoms with Crippen molar-refractivity contribution in [3.63, 3.8) is 0 Å². The van der Waals surface area contributed by atoms with Crippen LogP contribution in [0.15, 0.2) is 0 Å². The number of amides is 4. The molecule has 52 heavy (non-hydrogen) atoms. The smallest absolute Gasteiger partial charge is 0.297 e. The van der Waals surface area contributed by atoms with Gasteiger partial charge in [-0.25, -0.2) is 9.59 Å². The molecule has 0 aromatic carbocycles. The molecular formula is C46H116N4O2. The van der Waals surface area contributed by atoms with E-state index < -0.39 is 11.3 Å². The highest BCUT2D eigenvalue weighted by molar-refractivity contribution is 5.88. The molecule has 0 N–H and O–H groups in total. The Bertz CT molecular complexity index is 451. The van der Waals surface area contributed by atoms with Crippen LogP contribution < -0.4 is 0 Å². The van der Waals surface area contributed by atoms with Gasteiger partial charge in [0.25, 0.3) is 0 Å². The molecule has 0 aromatic heterocycles. The molecule has 4 bridgehead atoms. The molecular weight excluding hydrogens is 641 g/mol. The van der Waals surface area contributed by atoms with Crippen LogP contribution in [0.4, 0.5) is 9.59 Å². The number of urea groups is 2. The van der Waals surface area contributed by atoms with Crippen LogP contribution in [-0.2, 0) is 0 Å². The van der Waals surface area contributed by atoms with Gasteiger partial charge in [0.1, 0.15) is 0 Å². The Balaban J connectivity index is -0.0000000453. The minimum atomic E-state index is -0.532. The molecule has 4 aliphatic rings. The van der Waals surface area contributed by atoms with Gasteiger partial charge in [0.05, 0.1) is 0 Å². The van der Waals surface area contributed by atoms with Gasteiger partial charge in [-0.3, -0.25) is 19.6 Å². The van der Waals surface area contributed by atoms with Gasteiger partial charge in [0, 0.05) is 26.2 Å². The lowest BCUT2D eigenvalue weighted by molar-refractivity contribution is -0.0342. The first-order chi connectivity index (χ1) is 25.5. The number of carbonyl (C=O) groups excluding carboxylic acids is 2. The molecule has 0 saturated carbocycles. The maximum Gasteiger partial charge on any atom is 0.324 e. The molecule has 4 rings (SSSR count). The van der Waals surface area contributed by atoms with E-state index in [9.17, 15) is 9.59 Å². The second-order valence-corrected chi connectivity index (χ2v) is 7.33. The molecule has 4 amide bonds. The predicted molar refractivity (Wildman–Crippen MR) is 252 cm³/mol. The summed E-state index contributed by atoms with van der Waals surface area (Å²) in [5, 5.41) is 0. The van der Waals surface area contributed by atoms with Crippen molar-refractivity contribution in [1.82, 2.24) is 19.6 Å². The largest absolute Gasteiger partial charge is 0.324 e. The third-order valence-electron chi connectivity index (χ3n) is 6.45. The molecule has 0 unspecified atom stereocenters. The lowest BCUT2D eigenvalue weighted by atomic mass is 9.95. The van der Waals surface area contributed by atoms with Crippen molar-refractivity contribution in [1.29, 1.82) is 0 Å². The molecule has 4 fully saturated rings. The summed E-state index contributed by atoms with van der Waals surface area (Å²) in [6, 6.07) is 0.237. The lowest BCUT2D eigenvalue weighted by Gasteiger charge is -2.45. The van der Waals surface area contributed by atoms with Gasteiger partial charge in [-0.05, 0) is 52.4 Å². The second kappa shape index (κ2) is 78.6. The third kappa shape index (κ3) is 27.2. The van der Waals surface area contributed by atoms with E-state index in [-0.39, 0.29) is 12.1 Å². The van der Waals surface area contributed by atoms with Crippen LogP contribution in [0.25, 0.3) is 0 Å². The van der Waals surface area contributed by atoms with Gasteiger partial charge in [-0.1, -0.05) is 208 Å². The van der Waals surface area contributed by atoms with Crippen molar-refractivity contribution in [3.05, 3.63) is 0 Å². The molecule has 0 spiro atoms. The van der Waals surface area contributed by atoms with Crippen molar-refractivity contribution in [2.75, 3.05) is 26.2 Å². The fourth-order valence-electron chi connectivity index (χ4n) is 5.04. The van der Waals surface area contributed by atoms with Crippen LogP contribution in [0, 0.1) is 0 Å². The summed E-state index contributed by atoms with van der Waals surface area (Å²) in [4.78, 5) is 33.9. The molecule has 0 radical (unpaired) electrons. The maximum absolute atomic E-state index is 13.0. The van der Waals surface area contributed by atoms with E-state index in [0.29, 0.717) is 0 Å². The fourth-order valence-corrected chi connectivity index (χ4v) is 5.04. The summed E-state index contributed by atoms with van der Waals surface area (Å²) in [7, 11) is 0. The topological polar surface area (TPSA) is 47.1 Å². The van der Waals surface area contributed by atoms with Crippen LogP contribution in [0.5, 0.6) is 0 Å². The minimum absolute atomic E-state index is 0.118. The van der Waals surface area contributed by atoms with Crippen molar-refractivity contribution in [2.24, 2.45) is 0 Å². The summed E-state index contributed by atoms with van der Waals surface area (Å²) >= 11 is 0. The van der Waals surface area contributed by atoms with Crippen molar-refractivity contribution >= 4 is 12.1 Å². The summed E-state index contributed by atoms with van der Waals surface area (Å²) in [6.07, 6.45) is 6.45. The Labute approximate surface area is 338 Å². The number of fused-ring (bicyclic) bond motifs is 9. The first-order valence-corrected chi connectivity index (χ1v) is 23.7. The van der Waals surface area contributed by atoms with E-state index in [0.717, 1.165) is 64.7 Å². The number of hydrogen-bond donors (Lipinski definition) is 0. The zero-order chi connectivity index (χ0) is 45.5. The molecule has 0 aliphatic carbocycles. The predicted octanol–water partition coefficient (Wildman–Crippen LogP) is 17.7. The van der Waals surface area contributed by atoms with Crippen LogP contribution in [0.2, 0.25) is 0 Å². The van der Waals surface area contributed by atoms with Crippen molar-refractivity contribution < 1.29 is 9.59 Å². The van der Waals surface area contributed by atoms with E-state index in [1.54, 1.807) is 0 Å². The van der Waals surface area contributed by atoms with Crippen molar-refractivity contribution in [2.45, 2.75) is 271 Å². The van der Waals surface area contributed by atoms with Crippen molar-refractivity contribution in [3.8, 4) is 0 Å². The Morgan fingerprint density at radius 2 is 0.385 bits per heavy atom. The van der Waals surface area contributed by atoms with Gasteiger partial charge < -0.3 is 0 Å². The summed E-state index contributed by atoms with van der Waals surface area (Å²) in [5.41, 5.74) is -1.06. The standard InChI is InChI=1S/C16H26N4O2.15C2H6/c1-15-16(2,19-11-7-3-5-9-17(15)13(19)21)20-12-8-4-6-10-18(15)14(20)22;15*1-2/h3-12H2,1-2H3;15*1-2H3. The lowest BCUT2D eigenvalue weighted by Crippen LogP contribution is -2.64. The average Bonchev–Trinajstić information content (AvgIpc) is 3.59. The zero-order valence-electron chi connectivity index (χ0n) is 43.7. The van der Waals surface area contributed by atoms with Gasteiger partial charge in [0.15, 0.2) is 11.3 Å². The van der Waals surface area contributed by atoms with Gasteiger partial charge >= 0.3 is 12.1 Å². The number of hydrogen-bond acceptors (Lipinski definition) is 2. The van der Waals surface area contributed by atoms with E-state index in [2.05, 4.69) is 13.8 Å². The van der Waals surface area contributed by atoms with Crippen LogP contribution in [-0.4, -0.2) is 69.2 Å². The Morgan fingerprint density at radius 3 is 0.500 bits per heavy atom. The highest BCUT2D eigenvalue weighted by atomic mass is 16.2. The first kappa shape index (κ1) is 83.5. The Kier molecular flexibility index (Phi) is 126. The average molecular weight is 757 g/mol. The molecule has 0 atom stereocenters. The Morgan fingerprint density at radius 1 is 0.269 bits per heavy atom. The molecule has 332 valence electrons. The summed E-state index contributed by atoms with van der Waals surface area (Å²) in [5.74, 6) is 0. The number of nitrogens with zero attached hydrogens (tertiary/aromatic N) is 4. The molecule has 4 heterocycles. The summed E-state index contributed by atoms with van der Waals surface area (Å²) in [6.45, 7) is 67.3. The number of carbonyl (C=O) groups is 2. The van der Waals surface area contributed by atoms with E-state index >= 15 is 0 Å². The van der Waals surface area contributed by atoms with Crippen LogP contribution in [0.3, 0.4) is 0 Å². The van der Waals surface area contributed by atoms with Crippen LogP contribution >= 0.6 is 0 Å². The van der Waals surface area contributed by atoms with E-state index in [4.69, 9.17) is 0 Å². The zero-order valence-corrected chi connectivity index (χ0v) is 43.7. The van der Waals surface area contributed by atoms with Gasteiger partial charge in [0.2, 0.25) is 0 Å². The minimum Gasteiger partial charge on any atom is -0.297 e. The highest BCUT2D eigenvalue weighted by Gasteiger charge is 2.73. The Hall–Kier alpha value is -1.46. The van der Waals surface area contributed by atoms with E-state index in [1.807, 2.05) is 227 Å². The van der Waals surface area contributed by atoms with Crippen LogP contribution in [0.1, 0.15) is 260 Å². The molecule has 6 nitrogen and oxygen atoms in total. The first-order valence-electron chi connectivity index (χ1n) is 23.7. The molecule has 0 aromatic rings. The summed E-state index contributed by atoms with van der Waals surface area (Å²) < 4.78 is 0. The van der Waals surface area contributed by atoms with Gasteiger partial charge in [-0.15, -0.1) is 0 Å². The fraction of sp³-hybridized carbons (Fsp3) is 0.957. The SMILES string of the molecule is CC.CC.CC.CC.CC.CC.CC.CC.CC.CC.CC.CC.CC.CC.CC.CC12N3CCCCCN(C3=O)C1(C)N1CCCCCN2C1=O. The monoisotopic (exact) mass is 757 g/mol. The quantitative estimate of drug-likeness (QED) is 0.247. The maximum atomic E-state index is 13.0. The van der Waals surface area contributed by atoms with Gasteiger partial charge in [-0.2, -0.15) is 0 Å². The number of rotatable bonds is 0. The molecule has 4 saturated heterocycles. The third-order valence-corrected chi connectivity index (χ3v) is 6.45. The second-order valence-electron chi connectivity index (χ2n) is 7.33. The normalized spacial score (nSPS) is 18.1. The molecule has 4 aliphatic heterocycles. The molecule has 6 heteroatoms. The highest BCUT2D eigenvalue weighted by Crippen LogP contribution is 2.52.